The molecule has 162 valence electrons. The lowest BCUT2D eigenvalue weighted by atomic mass is 10.1. The Bertz CT molecular complexity index is 706. The smallest absolute Gasteiger partial charge is 0.308 e. The summed E-state index contributed by atoms with van der Waals surface area (Å²) in [5.41, 5.74) is 0.252. The lowest BCUT2D eigenvalue weighted by Gasteiger charge is -2.40. The maximum Gasteiger partial charge on any atom is 0.308 e. The summed E-state index contributed by atoms with van der Waals surface area (Å²) in [7, 11) is 0. The first-order valence-corrected chi connectivity index (χ1v) is 10.6. The Morgan fingerprint density at radius 1 is 1.28 bits per heavy atom. The third-order valence-electron chi connectivity index (χ3n) is 3.99. The fourth-order valence-corrected chi connectivity index (χ4v) is 3.91. The molecule has 1 aliphatic heterocycles. The fourth-order valence-electron chi connectivity index (χ4n) is 3.05. The average Bonchev–Trinajstić information content (AvgIpc) is 2.59. The van der Waals surface area contributed by atoms with Gasteiger partial charge in [0, 0.05) is 12.2 Å². The number of carbonyl (C=O) groups excluding carboxylic acids is 1. The Labute approximate surface area is 176 Å². The topological polar surface area (TPSA) is 112 Å². The van der Waals surface area contributed by atoms with Crippen LogP contribution in [0.3, 0.4) is 0 Å². The summed E-state index contributed by atoms with van der Waals surface area (Å²) in [6.45, 7) is 9.21. The van der Waals surface area contributed by atoms with Crippen molar-refractivity contribution in [3.63, 3.8) is 0 Å². The van der Waals surface area contributed by atoms with E-state index in [1.807, 2.05) is 65.0 Å². The number of rotatable bonds is 5. The number of para-hydroxylation sites is 1. The van der Waals surface area contributed by atoms with E-state index in [1.54, 1.807) is 0 Å². The lowest BCUT2D eigenvalue weighted by Crippen LogP contribution is -2.47. The molecule has 1 aromatic carbocycles. The van der Waals surface area contributed by atoms with Crippen molar-refractivity contribution in [1.82, 2.24) is 0 Å². The Hall–Kier alpha value is -1.81. The van der Waals surface area contributed by atoms with Crippen LogP contribution in [0.5, 0.6) is 0 Å². The van der Waals surface area contributed by atoms with E-state index in [2.05, 4.69) is 5.10 Å². The largest absolute Gasteiger partial charge is 0.460 e. The minimum absolute atomic E-state index is 0.155. The van der Waals surface area contributed by atoms with Crippen molar-refractivity contribution >= 4 is 28.6 Å². The first-order valence-electron chi connectivity index (χ1n) is 9.57. The summed E-state index contributed by atoms with van der Waals surface area (Å²) in [4.78, 5) is 12.2. The van der Waals surface area contributed by atoms with Crippen molar-refractivity contribution in [3.8, 4) is 0 Å². The quantitative estimate of drug-likeness (QED) is 0.244. The number of anilines is 1. The van der Waals surface area contributed by atoms with Gasteiger partial charge < -0.3 is 20.1 Å². The number of esters is 1. The van der Waals surface area contributed by atoms with Gasteiger partial charge in [0.05, 0.1) is 24.3 Å². The molecule has 1 fully saturated rings. The number of hydrogen-bond acceptors (Lipinski definition) is 8. The van der Waals surface area contributed by atoms with Crippen molar-refractivity contribution in [2.24, 2.45) is 16.8 Å². The zero-order chi connectivity index (χ0) is 21.7. The Kier molecular flexibility index (Phi) is 7.93. The molecular weight excluding hydrogens is 392 g/mol. The minimum Gasteiger partial charge on any atom is -0.460 e. The van der Waals surface area contributed by atoms with Crippen LogP contribution in [0.25, 0.3) is 0 Å². The number of nitrogens with zero attached hydrogens (tertiary/aromatic N) is 2. The number of hydrazone groups is 1. The Balaban J connectivity index is 1.95. The Morgan fingerprint density at radius 3 is 2.48 bits per heavy atom. The summed E-state index contributed by atoms with van der Waals surface area (Å²) in [5, 5.41) is 5.72. The number of nitrogens with two attached hydrogens (primary N) is 2. The Morgan fingerprint density at radius 2 is 1.90 bits per heavy atom. The maximum atomic E-state index is 12.2. The summed E-state index contributed by atoms with van der Waals surface area (Å²) in [6.07, 6.45) is 0.289. The minimum atomic E-state index is -0.808. The molecule has 29 heavy (non-hydrogen) atoms. The predicted octanol–water partition coefficient (Wildman–Crippen LogP) is 2.97. The van der Waals surface area contributed by atoms with Crippen molar-refractivity contribution in [2.75, 3.05) is 10.8 Å². The molecule has 0 amide bonds. The van der Waals surface area contributed by atoms with Crippen LogP contribution < -0.4 is 16.7 Å². The third kappa shape index (κ3) is 7.85. The molecule has 4 N–H and O–H groups in total. The van der Waals surface area contributed by atoms with Crippen molar-refractivity contribution in [1.29, 1.82) is 0 Å². The van der Waals surface area contributed by atoms with Gasteiger partial charge in [0.15, 0.2) is 5.79 Å². The van der Waals surface area contributed by atoms with Crippen LogP contribution in [0.15, 0.2) is 35.4 Å². The molecule has 0 radical (unpaired) electrons. The van der Waals surface area contributed by atoms with E-state index in [9.17, 15) is 4.79 Å². The first kappa shape index (κ1) is 23.5. The predicted molar refractivity (Wildman–Crippen MR) is 116 cm³/mol. The van der Waals surface area contributed by atoms with Crippen LogP contribution in [-0.4, -0.2) is 40.5 Å². The summed E-state index contributed by atoms with van der Waals surface area (Å²) < 4.78 is 17.3. The van der Waals surface area contributed by atoms with Gasteiger partial charge in [-0.1, -0.05) is 30.0 Å². The molecule has 0 spiro atoms. The molecular formula is C20H32N4O4S. The second kappa shape index (κ2) is 9.80. The molecule has 0 saturated carbocycles. The van der Waals surface area contributed by atoms with Crippen LogP contribution in [0.2, 0.25) is 0 Å². The van der Waals surface area contributed by atoms with Gasteiger partial charge in [-0.3, -0.25) is 9.80 Å². The van der Waals surface area contributed by atoms with E-state index in [-0.39, 0.29) is 24.6 Å². The SMILES string of the molecule is CC(C)(C)OC(=O)C[C@H]1C[C@@H](CS/C(=N/N)N(N)c2ccccc2)OC(C)(C)O1. The average molecular weight is 425 g/mol. The normalized spacial score (nSPS) is 22.2. The van der Waals surface area contributed by atoms with Crippen LogP contribution in [0, 0.1) is 0 Å². The highest BCUT2D eigenvalue weighted by Gasteiger charge is 2.37. The van der Waals surface area contributed by atoms with Crippen molar-refractivity contribution < 1.29 is 19.0 Å². The van der Waals surface area contributed by atoms with Gasteiger partial charge in [-0.05, 0) is 46.8 Å². The molecule has 9 heteroatoms. The molecule has 2 atom stereocenters. The van der Waals surface area contributed by atoms with Crippen LogP contribution in [-0.2, 0) is 19.0 Å². The number of hydrazine groups is 1. The van der Waals surface area contributed by atoms with E-state index < -0.39 is 11.4 Å². The number of benzene rings is 1. The molecule has 1 heterocycles. The van der Waals surface area contributed by atoms with Crippen molar-refractivity contribution in [2.45, 2.75) is 71.1 Å². The van der Waals surface area contributed by atoms with Gasteiger partial charge in [0.1, 0.15) is 5.60 Å². The van der Waals surface area contributed by atoms with Gasteiger partial charge in [-0.2, -0.15) is 5.10 Å². The van der Waals surface area contributed by atoms with Crippen LogP contribution in [0.4, 0.5) is 5.69 Å². The molecule has 1 saturated heterocycles. The van der Waals surface area contributed by atoms with Crippen LogP contribution in [0.1, 0.15) is 47.5 Å². The van der Waals surface area contributed by atoms with E-state index >= 15 is 0 Å². The zero-order valence-corrected chi connectivity index (χ0v) is 18.6. The number of thioether (sulfide) groups is 1. The molecule has 8 nitrogen and oxygen atoms in total. The lowest BCUT2D eigenvalue weighted by molar-refractivity contribution is -0.295. The summed E-state index contributed by atoms with van der Waals surface area (Å²) >= 11 is 1.39. The number of hydrogen-bond donors (Lipinski definition) is 2. The number of carbonyl (C=O) groups is 1. The second-order valence-corrected chi connectivity index (χ2v) is 9.32. The van der Waals surface area contributed by atoms with Gasteiger partial charge >= 0.3 is 5.97 Å². The van der Waals surface area contributed by atoms with E-state index in [4.69, 9.17) is 25.9 Å². The van der Waals surface area contributed by atoms with Crippen molar-refractivity contribution in [3.05, 3.63) is 30.3 Å². The third-order valence-corrected chi connectivity index (χ3v) is 5.09. The van der Waals surface area contributed by atoms with Crippen LogP contribution >= 0.6 is 11.8 Å². The molecule has 1 aliphatic rings. The molecule has 1 aromatic rings. The molecule has 2 rings (SSSR count). The van der Waals surface area contributed by atoms with E-state index in [0.29, 0.717) is 17.3 Å². The van der Waals surface area contributed by atoms with E-state index in [1.165, 1.54) is 16.8 Å². The first-order chi connectivity index (χ1) is 13.5. The molecule has 0 bridgehead atoms. The van der Waals surface area contributed by atoms with Gasteiger partial charge in [-0.15, -0.1) is 0 Å². The highest BCUT2D eigenvalue weighted by molar-refractivity contribution is 8.14. The van der Waals surface area contributed by atoms with Gasteiger partial charge in [-0.25, -0.2) is 5.84 Å². The number of amidine groups is 1. The zero-order valence-electron chi connectivity index (χ0n) is 17.8. The second-order valence-electron chi connectivity index (χ2n) is 8.33. The summed E-state index contributed by atoms with van der Waals surface area (Å²) in [5.74, 6) is 11.2. The number of ether oxygens (including phenoxy) is 3. The molecule has 0 aromatic heterocycles. The summed E-state index contributed by atoms with van der Waals surface area (Å²) in [6, 6.07) is 9.43. The standard InChI is InChI=1S/C20H32N4O4S/c1-19(2,3)28-17(25)12-15-11-16(27-20(4,5)26-15)13-29-18(23-21)24(22)14-9-7-6-8-10-14/h6-10,15-16H,11-13,21-22H2,1-5H3/b23-18+/t15-,16+/m1/s1. The molecule has 0 aliphatic carbocycles. The monoisotopic (exact) mass is 424 g/mol. The highest BCUT2D eigenvalue weighted by Crippen LogP contribution is 2.31. The fraction of sp³-hybridized carbons (Fsp3) is 0.600. The van der Waals surface area contributed by atoms with E-state index in [0.717, 1.165) is 5.69 Å². The molecule has 0 unspecified atom stereocenters. The maximum absolute atomic E-state index is 12.2. The van der Waals surface area contributed by atoms with Gasteiger partial charge in [0.2, 0.25) is 5.17 Å². The van der Waals surface area contributed by atoms with Gasteiger partial charge in [0.25, 0.3) is 0 Å². The highest BCUT2D eigenvalue weighted by atomic mass is 32.2.